The van der Waals surface area contributed by atoms with Gasteiger partial charge < -0.3 is 10.5 Å². The number of rotatable bonds is 5. The maximum absolute atomic E-state index is 11.7. The Labute approximate surface area is 187 Å². The first-order valence-corrected chi connectivity index (χ1v) is 13.7. The summed E-state index contributed by atoms with van der Waals surface area (Å²) in [4.78, 5) is 11.7. The normalized spacial score (nSPS) is 47.8. The van der Waals surface area contributed by atoms with Crippen LogP contribution in [0.25, 0.3) is 0 Å². The van der Waals surface area contributed by atoms with Gasteiger partial charge in [-0.3, -0.25) is 0 Å². The number of ether oxygens (including phenoxy) is 1. The first kappa shape index (κ1) is 21.4. The Kier molecular flexibility index (Phi) is 5.80. The highest BCUT2D eigenvalue weighted by Crippen LogP contribution is 2.68. The molecule has 0 aromatic rings. The zero-order valence-corrected chi connectivity index (χ0v) is 19.9. The molecule has 8 atom stereocenters. The van der Waals surface area contributed by atoms with Crippen LogP contribution < -0.4 is 5.73 Å². The molecule has 4 heteroatoms. The number of cyclic esters (lactones) is 1. The van der Waals surface area contributed by atoms with E-state index in [4.69, 9.17) is 10.5 Å². The largest absolute Gasteiger partial charge is 0.458 e. The van der Waals surface area contributed by atoms with Gasteiger partial charge in [0.15, 0.2) is 0 Å². The number of thioether (sulfide) groups is 1. The fourth-order valence-electron chi connectivity index (χ4n) is 8.90. The predicted octanol–water partition coefficient (Wildman–Crippen LogP) is 5.58. The van der Waals surface area contributed by atoms with Crippen molar-refractivity contribution in [2.24, 2.45) is 46.2 Å². The van der Waals surface area contributed by atoms with Crippen molar-refractivity contribution in [2.45, 2.75) is 83.3 Å². The van der Waals surface area contributed by atoms with Gasteiger partial charge in [-0.15, -0.1) is 0 Å². The van der Waals surface area contributed by atoms with Crippen molar-refractivity contribution in [2.75, 3.05) is 18.9 Å². The molecule has 0 bridgehead atoms. The SMILES string of the molecule is C[C@]12CC[C@H](SCCCN)C[C@@H]1CC[C@@H]1[C@@H]2CC[C@]2(C)[C@@H](C3=CC(=O)OC3)CC[C@@H]12. The highest BCUT2D eigenvalue weighted by atomic mass is 32.2. The Hall–Kier alpha value is -0.480. The van der Waals surface area contributed by atoms with Crippen LogP contribution in [-0.4, -0.2) is 30.1 Å². The van der Waals surface area contributed by atoms with E-state index in [0.29, 0.717) is 23.4 Å². The lowest BCUT2D eigenvalue weighted by Crippen LogP contribution is -2.53. The van der Waals surface area contributed by atoms with Crippen molar-refractivity contribution in [1.82, 2.24) is 0 Å². The van der Waals surface area contributed by atoms with Crippen LogP contribution in [-0.2, 0) is 9.53 Å². The molecule has 1 heterocycles. The van der Waals surface area contributed by atoms with Crippen molar-refractivity contribution in [1.29, 1.82) is 0 Å². The second-order valence-corrected chi connectivity index (χ2v) is 13.0. The van der Waals surface area contributed by atoms with Crippen LogP contribution in [0.3, 0.4) is 0 Å². The molecule has 4 saturated carbocycles. The van der Waals surface area contributed by atoms with Crippen LogP contribution in [0.15, 0.2) is 11.6 Å². The fraction of sp³-hybridized carbons (Fsp3) is 0.885. The van der Waals surface area contributed by atoms with Crippen LogP contribution in [0.4, 0.5) is 0 Å². The molecule has 4 fully saturated rings. The molecular formula is C26H41NO2S. The van der Waals surface area contributed by atoms with Crippen molar-refractivity contribution in [3.63, 3.8) is 0 Å². The van der Waals surface area contributed by atoms with Gasteiger partial charge in [0.2, 0.25) is 0 Å². The Morgan fingerprint density at radius 2 is 1.87 bits per heavy atom. The lowest BCUT2D eigenvalue weighted by atomic mass is 9.44. The van der Waals surface area contributed by atoms with E-state index in [-0.39, 0.29) is 5.97 Å². The molecule has 0 radical (unpaired) electrons. The summed E-state index contributed by atoms with van der Waals surface area (Å²) in [6.07, 6.45) is 15.6. The summed E-state index contributed by atoms with van der Waals surface area (Å²) in [5, 5.41) is 0.878. The van der Waals surface area contributed by atoms with Gasteiger partial charge >= 0.3 is 5.97 Å². The number of esters is 1. The molecule has 1 aliphatic heterocycles. The van der Waals surface area contributed by atoms with Gasteiger partial charge in [-0.05, 0) is 122 Å². The summed E-state index contributed by atoms with van der Waals surface area (Å²) in [5.41, 5.74) is 7.97. The van der Waals surface area contributed by atoms with Gasteiger partial charge in [0.1, 0.15) is 6.61 Å². The summed E-state index contributed by atoms with van der Waals surface area (Å²) in [6.45, 7) is 6.64. The van der Waals surface area contributed by atoms with E-state index in [9.17, 15) is 4.79 Å². The Morgan fingerprint density at radius 3 is 2.63 bits per heavy atom. The molecule has 0 spiro atoms. The highest BCUT2D eigenvalue weighted by molar-refractivity contribution is 7.99. The number of nitrogens with two attached hydrogens (primary N) is 1. The third-order valence-electron chi connectivity index (χ3n) is 10.5. The van der Waals surface area contributed by atoms with Crippen LogP contribution in [0.5, 0.6) is 0 Å². The average molecular weight is 432 g/mol. The van der Waals surface area contributed by atoms with E-state index >= 15 is 0 Å². The second-order valence-electron chi connectivity index (χ2n) is 11.6. The van der Waals surface area contributed by atoms with E-state index in [2.05, 4.69) is 25.6 Å². The molecule has 5 rings (SSSR count). The monoisotopic (exact) mass is 431 g/mol. The zero-order chi connectivity index (χ0) is 20.9. The molecule has 4 aliphatic carbocycles. The van der Waals surface area contributed by atoms with E-state index in [1.54, 1.807) is 0 Å². The molecule has 0 unspecified atom stereocenters. The summed E-state index contributed by atoms with van der Waals surface area (Å²) in [7, 11) is 0. The van der Waals surface area contributed by atoms with Gasteiger partial charge in [-0.1, -0.05) is 13.8 Å². The zero-order valence-electron chi connectivity index (χ0n) is 19.0. The lowest BCUT2D eigenvalue weighted by Gasteiger charge is -2.61. The van der Waals surface area contributed by atoms with Gasteiger partial charge in [0.25, 0.3) is 0 Å². The molecule has 30 heavy (non-hydrogen) atoms. The minimum absolute atomic E-state index is 0.111. The number of hydrogen-bond acceptors (Lipinski definition) is 4. The highest BCUT2D eigenvalue weighted by Gasteiger charge is 2.60. The summed E-state index contributed by atoms with van der Waals surface area (Å²) in [6, 6.07) is 0. The van der Waals surface area contributed by atoms with Crippen molar-refractivity contribution in [3.8, 4) is 0 Å². The molecule has 5 aliphatic rings. The first-order valence-electron chi connectivity index (χ1n) is 12.6. The molecule has 0 aromatic heterocycles. The van der Waals surface area contributed by atoms with E-state index in [1.807, 2.05) is 6.08 Å². The smallest absolute Gasteiger partial charge is 0.331 e. The maximum atomic E-state index is 11.7. The molecule has 0 saturated heterocycles. The van der Waals surface area contributed by atoms with Crippen LogP contribution in [0.1, 0.15) is 78.1 Å². The number of hydrogen-bond donors (Lipinski definition) is 1. The van der Waals surface area contributed by atoms with Crippen LogP contribution in [0, 0.1) is 40.4 Å². The maximum Gasteiger partial charge on any atom is 0.331 e. The van der Waals surface area contributed by atoms with Gasteiger partial charge in [-0.25, -0.2) is 4.79 Å². The summed E-state index contributed by atoms with van der Waals surface area (Å²) < 4.78 is 5.30. The Morgan fingerprint density at radius 1 is 1.07 bits per heavy atom. The van der Waals surface area contributed by atoms with E-state index in [1.165, 1.54) is 75.5 Å². The Balaban J connectivity index is 1.30. The van der Waals surface area contributed by atoms with E-state index < -0.39 is 0 Å². The minimum Gasteiger partial charge on any atom is -0.458 e. The molecule has 0 aromatic carbocycles. The first-order chi connectivity index (χ1) is 14.5. The second kappa shape index (κ2) is 8.14. The van der Waals surface area contributed by atoms with E-state index in [0.717, 1.165) is 35.5 Å². The molecule has 3 nitrogen and oxygen atoms in total. The number of carbonyl (C=O) groups is 1. The quantitative estimate of drug-likeness (QED) is 0.456. The Bertz CT molecular complexity index is 707. The molecular weight excluding hydrogens is 390 g/mol. The number of carbonyl (C=O) groups excluding carboxylic acids is 1. The minimum atomic E-state index is -0.111. The molecule has 2 N–H and O–H groups in total. The van der Waals surface area contributed by atoms with Gasteiger partial charge in [0, 0.05) is 11.3 Å². The van der Waals surface area contributed by atoms with Crippen molar-refractivity contribution >= 4 is 17.7 Å². The molecule has 168 valence electrons. The summed E-state index contributed by atoms with van der Waals surface area (Å²) in [5.74, 6) is 5.35. The van der Waals surface area contributed by atoms with Crippen LogP contribution in [0.2, 0.25) is 0 Å². The van der Waals surface area contributed by atoms with Crippen molar-refractivity contribution in [3.05, 3.63) is 11.6 Å². The van der Waals surface area contributed by atoms with Crippen LogP contribution >= 0.6 is 11.8 Å². The fourth-order valence-corrected chi connectivity index (χ4v) is 10.2. The number of fused-ring (bicyclic) bond motifs is 5. The van der Waals surface area contributed by atoms with Gasteiger partial charge in [-0.2, -0.15) is 11.8 Å². The predicted molar refractivity (Wildman–Crippen MR) is 124 cm³/mol. The van der Waals surface area contributed by atoms with Gasteiger partial charge in [0.05, 0.1) is 0 Å². The third-order valence-corrected chi connectivity index (χ3v) is 11.9. The standard InChI is InChI=1S/C26H41NO2S/c1-25-10-8-19(30-13-3-12-27)15-18(25)4-5-20-22-7-6-21(17-14-24(28)29-16-17)26(22,2)11-9-23(20)25/h14,18-23H,3-13,15-16,27H2,1-2H3/t18-,19-,20-,21+,22-,23-,25-,26+/m0/s1. The third kappa shape index (κ3) is 3.39. The molecule has 0 amide bonds. The lowest BCUT2D eigenvalue weighted by molar-refractivity contribution is -0.135. The van der Waals surface area contributed by atoms with Crippen molar-refractivity contribution < 1.29 is 9.53 Å². The summed E-state index contributed by atoms with van der Waals surface area (Å²) >= 11 is 2.21. The average Bonchev–Trinajstić information content (AvgIpc) is 3.30. The topological polar surface area (TPSA) is 52.3 Å².